The van der Waals surface area contributed by atoms with Crippen molar-refractivity contribution in [1.82, 2.24) is 0 Å². The molecule has 0 fully saturated rings. The summed E-state index contributed by atoms with van der Waals surface area (Å²) < 4.78 is 23.9. The van der Waals surface area contributed by atoms with Gasteiger partial charge in [-0.1, -0.05) is 29.8 Å². The average Bonchev–Trinajstić information content (AvgIpc) is 2.46. The van der Waals surface area contributed by atoms with Crippen LogP contribution in [0.2, 0.25) is 5.02 Å². The first-order chi connectivity index (χ1) is 10.7. The topological polar surface area (TPSA) is 124 Å². The Labute approximate surface area is 136 Å². The van der Waals surface area contributed by atoms with Gasteiger partial charge in [-0.15, -0.1) is 0 Å². The third kappa shape index (κ3) is 3.65. The van der Waals surface area contributed by atoms with Crippen LogP contribution >= 0.6 is 11.6 Å². The highest BCUT2D eigenvalue weighted by atomic mass is 35.5. The number of nitro groups is 1. The summed E-state index contributed by atoms with van der Waals surface area (Å²) >= 11 is 5.86. The molecule has 23 heavy (non-hydrogen) atoms. The predicted molar refractivity (Wildman–Crippen MR) is 84.5 cm³/mol. The maximum Gasteiger partial charge on any atom is 0.305 e. The van der Waals surface area contributed by atoms with E-state index in [2.05, 4.69) is 0 Å². The number of anilines is 1. The molecule has 2 rings (SSSR count). The molecule has 2 aromatic rings. The molecule has 0 spiro atoms. The van der Waals surface area contributed by atoms with Crippen LogP contribution in [0.3, 0.4) is 0 Å². The van der Waals surface area contributed by atoms with Crippen molar-refractivity contribution < 1.29 is 18.1 Å². The Bertz CT molecular complexity index is 870. The summed E-state index contributed by atoms with van der Waals surface area (Å²) in [6.45, 7) is 0. The fourth-order valence-corrected chi connectivity index (χ4v) is 2.84. The number of nitrogens with zero attached hydrogens (tertiary/aromatic N) is 2. The van der Waals surface area contributed by atoms with Gasteiger partial charge in [-0.05, 0) is 18.2 Å². The van der Waals surface area contributed by atoms with Crippen molar-refractivity contribution in [2.24, 2.45) is 5.14 Å². The van der Waals surface area contributed by atoms with Crippen molar-refractivity contribution >= 4 is 39.1 Å². The van der Waals surface area contributed by atoms with Crippen LogP contribution in [-0.4, -0.2) is 19.2 Å². The lowest BCUT2D eigenvalue weighted by Gasteiger charge is -2.20. The Morgan fingerprint density at radius 1 is 1.17 bits per heavy atom. The molecule has 1 amide bonds. The molecule has 2 aromatic carbocycles. The van der Waals surface area contributed by atoms with Crippen LogP contribution in [0.15, 0.2) is 48.5 Å². The minimum atomic E-state index is -4.42. The van der Waals surface area contributed by atoms with Crippen LogP contribution in [0, 0.1) is 10.1 Å². The number of para-hydroxylation sites is 1. The molecule has 0 unspecified atom stereocenters. The van der Waals surface area contributed by atoms with Crippen molar-refractivity contribution in [2.45, 2.75) is 0 Å². The highest BCUT2D eigenvalue weighted by molar-refractivity contribution is 7.91. The van der Waals surface area contributed by atoms with Gasteiger partial charge in [0, 0.05) is 12.1 Å². The molecule has 120 valence electrons. The summed E-state index contributed by atoms with van der Waals surface area (Å²) in [5.41, 5.74) is -0.530. The van der Waals surface area contributed by atoms with E-state index in [0.717, 1.165) is 18.2 Å². The van der Waals surface area contributed by atoms with Gasteiger partial charge in [0.15, 0.2) is 0 Å². The Morgan fingerprint density at radius 2 is 1.78 bits per heavy atom. The van der Waals surface area contributed by atoms with Crippen molar-refractivity contribution in [3.8, 4) is 0 Å². The molecule has 0 saturated heterocycles. The van der Waals surface area contributed by atoms with Crippen molar-refractivity contribution in [3.05, 3.63) is 69.2 Å². The van der Waals surface area contributed by atoms with Crippen molar-refractivity contribution in [1.29, 1.82) is 0 Å². The van der Waals surface area contributed by atoms with E-state index in [9.17, 15) is 23.3 Å². The van der Waals surface area contributed by atoms with Crippen LogP contribution < -0.4 is 9.44 Å². The maximum atomic E-state index is 12.5. The molecule has 0 aromatic heterocycles. The number of carbonyl (C=O) groups excluding carboxylic acids is 1. The Kier molecular flexibility index (Phi) is 4.64. The third-order valence-corrected chi connectivity index (χ3v) is 4.02. The van der Waals surface area contributed by atoms with Crippen molar-refractivity contribution in [2.75, 3.05) is 4.31 Å². The zero-order chi connectivity index (χ0) is 17.2. The van der Waals surface area contributed by atoms with E-state index in [1.807, 2.05) is 0 Å². The first-order valence-electron chi connectivity index (χ1n) is 6.08. The largest absolute Gasteiger partial charge is 0.305 e. The lowest BCUT2D eigenvalue weighted by Crippen LogP contribution is -2.41. The molecule has 2 N–H and O–H groups in total. The van der Waals surface area contributed by atoms with Crippen LogP contribution in [0.5, 0.6) is 0 Å². The normalized spacial score (nSPS) is 11.0. The highest BCUT2D eigenvalue weighted by Gasteiger charge is 2.29. The molecule has 0 aliphatic rings. The molecule has 10 heteroatoms. The molecular weight excluding hydrogens is 346 g/mol. The fourth-order valence-electron chi connectivity index (χ4n) is 1.84. The second kappa shape index (κ2) is 6.32. The van der Waals surface area contributed by atoms with E-state index in [1.165, 1.54) is 24.3 Å². The maximum absolute atomic E-state index is 12.5. The predicted octanol–water partition coefficient (Wildman–Crippen LogP) is 2.10. The third-order valence-electron chi connectivity index (χ3n) is 2.82. The minimum Gasteiger partial charge on any atom is -0.267 e. The lowest BCUT2D eigenvalue weighted by molar-refractivity contribution is -0.384. The molecule has 0 atom stereocenters. The van der Waals surface area contributed by atoms with E-state index in [-0.39, 0.29) is 22.0 Å². The summed E-state index contributed by atoms with van der Waals surface area (Å²) in [7, 11) is -4.42. The minimum absolute atomic E-state index is 0.0226. The zero-order valence-corrected chi connectivity index (χ0v) is 13.0. The van der Waals surface area contributed by atoms with E-state index in [1.54, 1.807) is 6.07 Å². The number of benzene rings is 2. The smallest absolute Gasteiger partial charge is 0.267 e. The monoisotopic (exact) mass is 355 g/mol. The van der Waals surface area contributed by atoms with Gasteiger partial charge in [-0.3, -0.25) is 14.9 Å². The van der Waals surface area contributed by atoms with Gasteiger partial charge >= 0.3 is 10.2 Å². The summed E-state index contributed by atoms with van der Waals surface area (Å²) in [5.74, 6) is -1.02. The number of amides is 1. The van der Waals surface area contributed by atoms with Crippen LogP contribution in [0.1, 0.15) is 10.4 Å². The molecule has 0 heterocycles. The van der Waals surface area contributed by atoms with Gasteiger partial charge in [0.1, 0.15) is 0 Å². The van der Waals surface area contributed by atoms with Gasteiger partial charge in [0.05, 0.1) is 21.2 Å². The molecule has 0 saturated carbocycles. The second-order valence-electron chi connectivity index (χ2n) is 4.37. The number of nitrogens with two attached hydrogens (primary N) is 1. The van der Waals surface area contributed by atoms with E-state index in [4.69, 9.17) is 16.7 Å². The summed E-state index contributed by atoms with van der Waals surface area (Å²) in [4.78, 5) is 22.5. The van der Waals surface area contributed by atoms with E-state index >= 15 is 0 Å². The van der Waals surface area contributed by atoms with Gasteiger partial charge in [0.25, 0.3) is 11.6 Å². The van der Waals surface area contributed by atoms with E-state index < -0.39 is 21.0 Å². The molecule has 8 nitrogen and oxygen atoms in total. The van der Waals surface area contributed by atoms with E-state index in [0.29, 0.717) is 4.31 Å². The Hall–Kier alpha value is -2.49. The first-order valence-corrected chi connectivity index (χ1v) is 7.96. The first kappa shape index (κ1) is 16.9. The number of nitro benzene ring substituents is 1. The summed E-state index contributed by atoms with van der Waals surface area (Å²) in [5, 5.41) is 15.5. The molecule has 0 radical (unpaired) electrons. The van der Waals surface area contributed by atoms with Crippen LogP contribution in [0.25, 0.3) is 0 Å². The number of hydrogen-bond acceptors (Lipinski definition) is 5. The SMILES string of the molecule is NS(=O)(=O)N(C(=O)c1ccc([N+](=O)[O-])cc1Cl)c1ccccc1. The zero-order valence-electron chi connectivity index (χ0n) is 11.4. The number of hydrogen-bond donors (Lipinski definition) is 1. The van der Waals surface area contributed by atoms with Crippen molar-refractivity contribution in [3.63, 3.8) is 0 Å². The molecule has 0 aliphatic heterocycles. The average molecular weight is 356 g/mol. The standard InChI is InChI=1S/C13H10ClN3O5S/c14-12-8-10(17(19)20)6-7-11(12)13(18)16(23(15,21)22)9-4-2-1-3-5-9/h1-8H,(H2,15,21,22). The number of rotatable bonds is 4. The number of carbonyl (C=O) groups is 1. The molecule has 0 aliphatic carbocycles. The summed E-state index contributed by atoms with van der Waals surface area (Å²) in [6.07, 6.45) is 0. The molecule has 0 bridgehead atoms. The van der Waals surface area contributed by atoms with Crippen LogP contribution in [-0.2, 0) is 10.2 Å². The number of halogens is 1. The number of non-ortho nitro benzene ring substituents is 1. The second-order valence-corrected chi connectivity index (χ2v) is 6.17. The fraction of sp³-hybridized carbons (Fsp3) is 0. The quantitative estimate of drug-likeness (QED) is 0.664. The Balaban J connectivity index is 2.53. The van der Waals surface area contributed by atoms with Gasteiger partial charge in [-0.2, -0.15) is 12.7 Å². The van der Waals surface area contributed by atoms with Gasteiger partial charge in [0.2, 0.25) is 0 Å². The molecular formula is C13H10ClN3O5S. The van der Waals surface area contributed by atoms with Gasteiger partial charge in [-0.25, -0.2) is 5.14 Å². The van der Waals surface area contributed by atoms with Crippen LogP contribution in [0.4, 0.5) is 11.4 Å². The lowest BCUT2D eigenvalue weighted by atomic mass is 10.2. The van der Waals surface area contributed by atoms with Gasteiger partial charge < -0.3 is 0 Å². The summed E-state index contributed by atoms with van der Waals surface area (Å²) in [6, 6.07) is 10.5. The Morgan fingerprint density at radius 3 is 2.26 bits per heavy atom. The highest BCUT2D eigenvalue weighted by Crippen LogP contribution is 2.26.